The number of halogens is 1. The number of methoxy groups -OCH3 is 2. The van der Waals surface area contributed by atoms with Gasteiger partial charge in [0.1, 0.15) is 17.5 Å². The molecule has 0 aromatic heterocycles. The molecule has 39 heavy (non-hydrogen) atoms. The highest BCUT2D eigenvalue weighted by Gasteiger charge is 2.57. The molecule has 3 saturated carbocycles. The second-order valence-corrected chi connectivity index (χ2v) is 11.1. The predicted octanol–water partition coefficient (Wildman–Crippen LogP) is 6.12. The molecule has 0 spiro atoms. The van der Waals surface area contributed by atoms with Gasteiger partial charge in [0, 0.05) is 23.5 Å². The number of amides is 2. The van der Waals surface area contributed by atoms with E-state index in [-0.39, 0.29) is 17.4 Å². The van der Waals surface area contributed by atoms with E-state index in [1.54, 1.807) is 26.4 Å². The van der Waals surface area contributed by atoms with E-state index in [1.807, 2.05) is 65.6 Å². The van der Waals surface area contributed by atoms with Crippen molar-refractivity contribution in [1.29, 1.82) is 0 Å². The Morgan fingerprint density at radius 3 is 2.05 bits per heavy atom. The zero-order valence-corrected chi connectivity index (χ0v) is 23.2. The van der Waals surface area contributed by atoms with Crippen LogP contribution in [-0.4, -0.2) is 36.5 Å². The van der Waals surface area contributed by atoms with Gasteiger partial charge in [-0.25, -0.2) is 0 Å². The second kappa shape index (κ2) is 11.7. The minimum atomic E-state index is -0.733. The molecule has 0 heterocycles. The lowest BCUT2D eigenvalue weighted by Crippen LogP contribution is -2.58. The van der Waals surface area contributed by atoms with E-state index >= 15 is 0 Å². The monoisotopic (exact) mass is 546 g/mol. The number of fused-ring (bicyclic) bond motifs is 1. The molecule has 1 N–H and O–H groups in total. The van der Waals surface area contributed by atoms with Crippen molar-refractivity contribution in [1.82, 2.24) is 10.2 Å². The van der Waals surface area contributed by atoms with Crippen molar-refractivity contribution in [2.45, 2.75) is 56.7 Å². The normalized spacial score (nSPS) is 20.0. The molecule has 3 aliphatic carbocycles. The van der Waals surface area contributed by atoms with Crippen LogP contribution in [0.4, 0.5) is 0 Å². The second-order valence-electron chi connectivity index (χ2n) is 10.7. The Kier molecular flexibility index (Phi) is 8.12. The van der Waals surface area contributed by atoms with Crippen LogP contribution in [0.25, 0.3) is 0 Å². The standard InChI is InChI=1S/C32H35ClN2O4/c1-38-27-12-3-22(4-13-27)7-16-29(36)35(32-18-17-24(19-32)20-32)30(25-8-10-26(33)11-9-25)31(37)34-21-23-5-14-28(39-2)15-6-23/h3-6,8-15,24,30H,7,16-21H2,1-2H3,(H,34,37). The molecule has 1 atom stereocenters. The summed E-state index contributed by atoms with van der Waals surface area (Å²) >= 11 is 6.21. The van der Waals surface area contributed by atoms with Gasteiger partial charge in [-0.3, -0.25) is 9.59 Å². The van der Waals surface area contributed by atoms with E-state index in [4.69, 9.17) is 21.1 Å². The van der Waals surface area contributed by atoms with Gasteiger partial charge in [-0.15, -0.1) is 0 Å². The summed E-state index contributed by atoms with van der Waals surface area (Å²) in [5, 5.41) is 3.70. The van der Waals surface area contributed by atoms with Crippen molar-refractivity contribution in [3.05, 3.63) is 94.5 Å². The van der Waals surface area contributed by atoms with Gasteiger partial charge in [0.2, 0.25) is 11.8 Å². The van der Waals surface area contributed by atoms with Crippen LogP contribution in [0.5, 0.6) is 11.5 Å². The van der Waals surface area contributed by atoms with Crippen LogP contribution in [0.2, 0.25) is 5.02 Å². The number of hydrogen-bond acceptors (Lipinski definition) is 4. The first-order valence-corrected chi connectivity index (χ1v) is 13.9. The van der Waals surface area contributed by atoms with Gasteiger partial charge >= 0.3 is 0 Å². The van der Waals surface area contributed by atoms with Gasteiger partial charge in [0.05, 0.1) is 14.2 Å². The Labute approximate surface area is 235 Å². The van der Waals surface area contributed by atoms with Crippen molar-refractivity contribution in [3.63, 3.8) is 0 Å². The molecule has 6 nitrogen and oxygen atoms in total. The maximum atomic E-state index is 14.1. The molecule has 6 rings (SSSR count). The molecule has 3 aromatic rings. The molecule has 0 radical (unpaired) electrons. The fourth-order valence-electron chi connectivity index (χ4n) is 6.15. The van der Waals surface area contributed by atoms with E-state index in [0.29, 0.717) is 30.3 Å². The summed E-state index contributed by atoms with van der Waals surface area (Å²) in [4.78, 5) is 29.9. The maximum Gasteiger partial charge on any atom is 0.247 e. The fraction of sp³-hybridized carbons (Fsp3) is 0.375. The van der Waals surface area contributed by atoms with E-state index in [9.17, 15) is 9.59 Å². The van der Waals surface area contributed by atoms with Gasteiger partial charge in [-0.05, 0) is 91.1 Å². The van der Waals surface area contributed by atoms with Crippen LogP contribution in [0.1, 0.15) is 54.8 Å². The Morgan fingerprint density at radius 1 is 0.923 bits per heavy atom. The number of benzene rings is 3. The minimum absolute atomic E-state index is 0.00529. The lowest BCUT2D eigenvalue weighted by atomic mass is 9.74. The molecular formula is C32H35ClN2O4. The molecule has 7 heteroatoms. The molecule has 0 saturated heterocycles. The van der Waals surface area contributed by atoms with Crippen molar-refractivity contribution in [2.24, 2.45) is 5.92 Å². The molecule has 3 aromatic carbocycles. The highest BCUT2D eigenvalue weighted by molar-refractivity contribution is 6.30. The molecule has 204 valence electrons. The quantitative estimate of drug-likeness (QED) is 0.315. The highest BCUT2D eigenvalue weighted by atomic mass is 35.5. The summed E-state index contributed by atoms with van der Waals surface area (Å²) in [5.41, 5.74) is 2.52. The zero-order valence-electron chi connectivity index (χ0n) is 22.5. The molecule has 3 fully saturated rings. The number of carbonyl (C=O) groups excluding carboxylic acids is 2. The first-order chi connectivity index (χ1) is 18.9. The van der Waals surface area contributed by atoms with Crippen LogP contribution in [0.15, 0.2) is 72.8 Å². The summed E-state index contributed by atoms with van der Waals surface area (Å²) in [6, 6.07) is 22.0. The summed E-state index contributed by atoms with van der Waals surface area (Å²) in [7, 11) is 3.26. The van der Waals surface area contributed by atoms with Gasteiger partial charge in [0.25, 0.3) is 0 Å². The number of ether oxygens (including phenoxy) is 2. The van der Waals surface area contributed by atoms with E-state index < -0.39 is 6.04 Å². The Morgan fingerprint density at radius 2 is 1.51 bits per heavy atom. The first-order valence-electron chi connectivity index (χ1n) is 13.5. The molecule has 1 unspecified atom stereocenters. The Hall–Kier alpha value is -3.51. The predicted molar refractivity (Wildman–Crippen MR) is 152 cm³/mol. The number of nitrogens with one attached hydrogen (secondary N) is 1. The third-order valence-corrected chi connectivity index (χ3v) is 8.49. The molecule has 2 bridgehead atoms. The summed E-state index contributed by atoms with van der Waals surface area (Å²) in [5.74, 6) is 2.00. The van der Waals surface area contributed by atoms with Crippen LogP contribution in [0, 0.1) is 5.92 Å². The zero-order chi connectivity index (χ0) is 27.4. The van der Waals surface area contributed by atoms with Gasteiger partial charge in [-0.1, -0.05) is 48.0 Å². The molecule has 3 aliphatic rings. The van der Waals surface area contributed by atoms with Crippen molar-refractivity contribution < 1.29 is 19.1 Å². The fourth-order valence-corrected chi connectivity index (χ4v) is 6.28. The van der Waals surface area contributed by atoms with E-state index in [2.05, 4.69) is 5.32 Å². The average Bonchev–Trinajstić information content (AvgIpc) is 3.57. The minimum Gasteiger partial charge on any atom is -0.497 e. The number of nitrogens with zero attached hydrogens (tertiary/aromatic N) is 1. The van der Waals surface area contributed by atoms with Gasteiger partial charge in [0.15, 0.2) is 0 Å². The van der Waals surface area contributed by atoms with Gasteiger partial charge in [-0.2, -0.15) is 0 Å². The SMILES string of the molecule is COc1ccc(CCC(=O)N(C(C(=O)NCc2ccc(OC)cc2)c2ccc(Cl)cc2)C23CCC(C2)C3)cc1. The summed E-state index contributed by atoms with van der Waals surface area (Å²) in [6.07, 6.45) is 4.87. The molecule has 2 amide bonds. The smallest absolute Gasteiger partial charge is 0.247 e. The van der Waals surface area contributed by atoms with Crippen LogP contribution in [-0.2, 0) is 22.6 Å². The number of rotatable bonds is 11. The first kappa shape index (κ1) is 27.1. The number of aryl methyl sites for hydroxylation is 1. The highest BCUT2D eigenvalue weighted by Crippen LogP contribution is 2.57. The Bertz CT molecular complexity index is 1280. The summed E-state index contributed by atoms with van der Waals surface area (Å²) in [6.45, 7) is 0.358. The van der Waals surface area contributed by atoms with Crippen LogP contribution in [0.3, 0.4) is 0 Å². The van der Waals surface area contributed by atoms with E-state index in [0.717, 1.165) is 53.9 Å². The maximum absolute atomic E-state index is 14.1. The lowest BCUT2D eigenvalue weighted by molar-refractivity contribution is -0.152. The summed E-state index contributed by atoms with van der Waals surface area (Å²) < 4.78 is 10.5. The third kappa shape index (κ3) is 5.91. The molecule has 0 aliphatic heterocycles. The average molecular weight is 547 g/mol. The van der Waals surface area contributed by atoms with Crippen molar-refractivity contribution in [3.8, 4) is 11.5 Å². The lowest BCUT2D eigenvalue weighted by Gasteiger charge is -2.51. The van der Waals surface area contributed by atoms with Crippen molar-refractivity contribution in [2.75, 3.05) is 14.2 Å². The van der Waals surface area contributed by atoms with Crippen molar-refractivity contribution >= 4 is 23.4 Å². The largest absolute Gasteiger partial charge is 0.497 e. The third-order valence-electron chi connectivity index (χ3n) is 8.24. The van der Waals surface area contributed by atoms with Crippen LogP contribution >= 0.6 is 11.6 Å². The number of hydrogen-bond donors (Lipinski definition) is 1. The topological polar surface area (TPSA) is 67.9 Å². The number of carbonyl (C=O) groups is 2. The molecular weight excluding hydrogens is 512 g/mol. The van der Waals surface area contributed by atoms with Gasteiger partial charge < -0.3 is 19.7 Å². The van der Waals surface area contributed by atoms with Crippen LogP contribution < -0.4 is 14.8 Å². The Balaban J connectivity index is 1.41. The van der Waals surface area contributed by atoms with E-state index in [1.165, 1.54) is 0 Å².